The van der Waals surface area contributed by atoms with Gasteiger partial charge in [-0.3, -0.25) is 9.97 Å². The van der Waals surface area contributed by atoms with E-state index in [-0.39, 0.29) is 0 Å². The Morgan fingerprint density at radius 2 is 2.19 bits per heavy atom. The zero-order valence-electron chi connectivity index (χ0n) is 9.22. The number of rotatable bonds is 2. The molecule has 0 bridgehead atoms. The molecule has 1 fully saturated rings. The van der Waals surface area contributed by atoms with Crippen LogP contribution in [0.25, 0.3) is 11.0 Å². The molecule has 1 N–H and O–H groups in total. The topological polar surface area (TPSA) is 46.0 Å². The van der Waals surface area contributed by atoms with Gasteiger partial charge in [-0.1, -0.05) is 25.5 Å². The Kier molecular flexibility index (Phi) is 1.98. The van der Waals surface area contributed by atoms with Crippen molar-refractivity contribution in [1.82, 2.24) is 9.97 Å². The Bertz CT molecular complexity index is 535. The van der Waals surface area contributed by atoms with Gasteiger partial charge < -0.3 is 5.11 Å². The Labute approximate surface area is 94.2 Å². The first-order chi connectivity index (χ1) is 7.75. The normalized spacial score (nSPS) is 28.2. The summed E-state index contributed by atoms with van der Waals surface area (Å²) in [4.78, 5) is 8.59. The number of aliphatic hydroxyl groups is 1. The molecule has 1 saturated carbocycles. The van der Waals surface area contributed by atoms with Crippen molar-refractivity contribution in [2.45, 2.75) is 25.4 Å². The fourth-order valence-corrected chi connectivity index (χ4v) is 2.47. The van der Waals surface area contributed by atoms with Gasteiger partial charge in [0.05, 0.1) is 16.6 Å². The van der Waals surface area contributed by atoms with Crippen LogP contribution in [0.4, 0.5) is 0 Å². The Hall–Kier alpha value is -1.48. The summed E-state index contributed by atoms with van der Waals surface area (Å²) in [6.45, 7) is 2.11. The third-order valence-corrected chi connectivity index (χ3v) is 3.53. The van der Waals surface area contributed by atoms with Crippen LogP contribution in [-0.4, -0.2) is 15.1 Å². The van der Waals surface area contributed by atoms with Crippen LogP contribution in [0.2, 0.25) is 0 Å². The minimum absolute atomic E-state index is 0.375. The average Bonchev–Trinajstić information content (AvgIpc) is 3.01. The molecule has 0 saturated heterocycles. The summed E-state index contributed by atoms with van der Waals surface area (Å²) in [5, 5.41) is 10.5. The van der Waals surface area contributed by atoms with Crippen molar-refractivity contribution in [2.24, 2.45) is 5.92 Å². The van der Waals surface area contributed by atoms with E-state index in [1.807, 2.05) is 18.2 Å². The summed E-state index contributed by atoms with van der Waals surface area (Å²) >= 11 is 0. The van der Waals surface area contributed by atoms with Crippen molar-refractivity contribution >= 4 is 11.0 Å². The molecule has 16 heavy (non-hydrogen) atoms. The van der Waals surface area contributed by atoms with Crippen LogP contribution in [0.1, 0.15) is 25.3 Å². The van der Waals surface area contributed by atoms with E-state index in [0.717, 1.165) is 29.4 Å². The molecule has 3 nitrogen and oxygen atoms in total. The molecule has 0 radical (unpaired) electrons. The van der Waals surface area contributed by atoms with E-state index in [2.05, 4.69) is 16.9 Å². The van der Waals surface area contributed by atoms with Crippen molar-refractivity contribution in [3.05, 3.63) is 36.2 Å². The zero-order valence-corrected chi connectivity index (χ0v) is 9.22. The fraction of sp³-hybridized carbons (Fsp3) is 0.385. The lowest BCUT2D eigenvalue weighted by Crippen LogP contribution is -2.09. The van der Waals surface area contributed by atoms with Gasteiger partial charge in [0.2, 0.25) is 0 Å². The first-order valence-corrected chi connectivity index (χ1v) is 5.68. The predicted molar refractivity (Wildman–Crippen MR) is 61.8 cm³/mol. The zero-order chi connectivity index (χ0) is 11.2. The highest BCUT2D eigenvalue weighted by Crippen LogP contribution is 2.54. The van der Waals surface area contributed by atoms with Crippen LogP contribution in [0.5, 0.6) is 0 Å². The van der Waals surface area contributed by atoms with Crippen LogP contribution in [0.3, 0.4) is 0 Å². The predicted octanol–water partition coefficient (Wildman–Crippen LogP) is 2.25. The van der Waals surface area contributed by atoms with Crippen molar-refractivity contribution in [2.75, 3.05) is 0 Å². The van der Waals surface area contributed by atoms with E-state index < -0.39 is 5.60 Å². The molecule has 0 amide bonds. The Morgan fingerprint density at radius 1 is 1.38 bits per heavy atom. The minimum atomic E-state index is -0.662. The summed E-state index contributed by atoms with van der Waals surface area (Å²) in [6.07, 6.45) is 5.21. The molecule has 2 aromatic rings. The first-order valence-electron chi connectivity index (χ1n) is 5.68. The first kappa shape index (κ1) is 9.73. The van der Waals surface area contributed by atoms with Gasteiger partial charge in [0, 0.05) is 18.0 Å². The molecule has 3 heteroatoms. The van der Waals surface area contributed by atoms with Gasteiger partial charge >= 0.3 is 0 Å². The molecule has 2 atom stereocenters. The van der Waals surface area contributed by atoms with Crippen LogP contribution in [0, 0.1) is 5.92 Å². The molecule has 3 rings (SSSR count). The second kappa shape index (κ2) is 3.25. The van der Waals surface area contributed by atoms with E-state index >= 15 is 0 Å². The maximum Gasteiger partial charge on any atom is 0.0951 e. The molecule has 0 aliphatic heterocycles. The van der Waals surface area contributed by atoms with Gasteiger partial charge in [0.1, 0.15) is 0 Å². The van der Waals surface area contributed by atoms with Gasteiger partial charge in [-0.15, -0.1) is 0 Å². The standard InChI is InChI=1S/C13H14N2O/c1-2-9-8-13(9,16)10-4-3-5-11-12(10)15-7-6-14-11/h3-7,9,16H,2,8H2,1H3. The number of para-hydroxylation sites is 1. The summed E-state index contributed by atoms with van der Waals surface area (Å²) in [5.41, 5.74) is 1.97. The van der Waals surface area contributed by atoms with Crippen LogP contribution in [-0.2, 0) is 5.60 Å². The van der Waals surface area contributed by atoms with Crippen LogP contribution < -0.4 is 0 Å². The molecule has 1 aliphatic rings. The lowest BCUT2D eigenvalue weighted by molar-refractivity contribution is 0.132. The lowest BCUT2D eigenvalue weighted by atomic mass is 10.0. The lowest BCUT2D eigenvalue weighted by Gasteiger charge is -2.12. The van der Waals surface area contributed by atoms with Gasteiger partial charge in [-0.25, -0.2) is 0 Å². The van der Waals surface area contributed by atoms with Crippen molar-refractivity contribution in [3.63, 3.8) is 0 Å². The molecule has 0 spiro atoms. The number of hydrogen-bond acceptors (Lipinski definition) is 3. The molecular formula is C13H14N2O. The number of fused-ring (bicyclic) bond motifs is 1. The monoisotopic (exact) mass is 214 g/mol. The van der Waals surface area contributed by atoms with E-state index in [1.54, 1.807) is 12.4 Å². The van der Waals surface area contributed by atoms with Gasteiger partial charge in [0.15, 0.2) is 0 Å². The second-order valence-corrected chi connectivity index (χ2v) is 4.46. The van der Waals surface area contributed by atoms with E-state index in [1.165, 1.54) is 0 Å². The quantitative estimate of drug-likeness (QED) is 0.834. The van der Waals surface area contributed by atoms with Crippen LogP contribution >= 0.6 is 0 Å². The maximum atomic E-state index is 10.5. The van der Waals surface area contributed by atoms with Crippen LogP contribution in [0.15, 0.2) is 30.6 Å². The Balaban J connectivity index is 2.18. The summed E-state index contributed by atoms with van der Waals surface area (Å²) < 4.78 is 0. The van der Waals surface area contributed by atoms with Crippen molar-refractivity contribution in [3.8, 4) is 0 Å². The molecule has 82 valence electrons. The fourth-order valence-electron chi connectivity index (χ4n) is 2.47. The highest BCUT2D eigenvalue weighted by molar-refractivity contribution is 5.79. The number of benzene rings is 1. The number of nitrogens with zero attached hydrogens (tertiary/aromatic N) is 2. The molecule has 2 unspecified atom stereocenters. The summed E-state index contributed by atoms with van der Waals surface area (Å²) in [7, 11) is 0. The van der Waals surface area contributed by atoms with E-state index in [0.29, 0.717) is 5.92 Å². The van der Waals surface area contributed by atoms with E-state index in [9.17, 15) is 5.11 Å². The maximum absolute atomic E-state index is 10.5. The van der Waals surface area contributed by atoms with Gasteiger partial charge in [-0.2, -0.15) is 0 Å². The molecule has 1 aromatic heterocycles. The summed E-state index contributed by atoms with van der Waals surface area (Å²) in [5.74, 6) is 0.375. The molecule has 1 heterocycles. The number of hydrogen-bond donors (Lipinski definition) is 1. The summed E-state index contributed by atoms with van der Waals surface area (Å²) in [6, 6.07) is 5.83. The Morgan fingerprint density at radius 3 is 2.94 bits per heavy atom. The molecule has 1 aromatic carbocycles. The molecular weight excluding hydrogens is 200 g/mol. The largest absolute Gasteiger partial charge is 0.385 e. The smallest absolute Gasteiger partial charge is 0.0951 e. The van der Waals surface area contributed by atoms with Gasteiger partial charge in [-0.05, 0) is 18.4 Å². The third kappa shape index (κ3) is 1.25. The number of aromatic nitrogens is 2. The van der Waals surface area contributed by atoms with Crippen molar-refractivity contribution in [1.29, 1.82) is 0 Å². The third-order valence-electron chi connectivity index (χ3n) is 3.53. The molecule has 1 aliphatic carbocycles. The van der Waals surface area contributed by atoms with Gasteiger partial charge in [0.25, 0.3) is 0 Å². The average molecular weight is 214 g/mol. The highest BCUT2D eigenvalue weighted by Gasteiger charge is 2.53. The minimum Gasteiger partial charge on any atom is -0.385 e. The van der Waals surface area contributed by atoms with E-state index in [4.69, 9.17) is 0 Å². The second-order valence-electron chi connectivity index (χ2n) is 4.46. The highest BCUT2D eigenvalue weighted by atomic mass is 16.3. The SMILES string of the molecule is CCC1CC1(O)c1cccc2nccnc12. The van der Waals surface area contributed by atoms with Crippen molar-refractivity contribution < 1.29 is 5.11 Å².